The molecule has 0 unspecified atom stereocenters. The van der Waals surface area contributed by atoms with Crippen molar-refractivity contribution in [1.29, 1.82) is 0 Å². The fourth-order valence-corrected chi connectivity index (χ4v) is 3.57. The third-order valence-corrected chi connectivity index (χ3v) is 5.14. The van der Waals surface area contributed by atoms with Gasteiger partial charge in [0.15, 0.2) is 0 Å². The second-order valence-corrected chi connectivity index (χ2v) is 7.20. The Morgan fingerprint density at radius 3 is 2.88 bits per heavy atom. The number of hydrogen-bond donors (Lipinski definition) is 3. The first-order valence-corrected chi connectivity index (χ1v) is 9.24. The van der Waals surface area contributed by atoms with Gasteiger partial charge in [-0.25, -0.2) is 4.79 Å². The molecule has 1 aromatic carbocycles. The lowest BCUT2D eigenvalue weighted by atomic mass is 10.0. The van der Waals surface area contributed by atoms with E-state index in [1.165, 1.54) is 18.4 Å². The van der Waals surface area contributed by atoms with Gasteiger partial charge in [0, 0.05) is 32.2 Å². The molecule has 0 aromatic heterocycles. The summed E-state index contributed by atoms with van der Waals surface area (Å²) in [6, 6.07) is 10.6. The second-order valence-electron chi connectivity index (χ2n) is 7.20. The minimum Gasteiger partial charge on any atom is -0.386 e. The first kappa shape index (κ1) is 18.2. The number of rotatable bonds is 6. The first-order chi connectivity index (χ1) is 12.1. The molecule has 0 radical (unpaired) electrons. The molecule has 1 aromatic rings. The molecular weight excluding hydrogens is 318 g/mol. The Hall–Kier alpha value is -1.63. The summed E-state index contributed by atoms with van der Waals surface area (Å²) in [5.41, 5.74) is 0.393. The van der Waals surface area contributed by atoms with Gasteiger partial charge in [0.05, 0.1) is 13.2 Å². The minimum atomic E-state index is -0.915. The zero-order chi connectivity index (χ0) is 17.5. The predicted molar refractivity (Wildman–Crippen MR) is 96.3 cm³/mol. The lowest BCUT2D eigenvalue weighted by Gasteiger charge is -2.36. The largest absolute Gasteiger partial charge is 0.386 e. The Morgan fingerprint density at radius 2 is 2.12 bits per heavy atom. The van der Waals surface area contributed by atoms with Crippen molar-refractivity contribution in [2.24, 2.45) is 0 Å². The number of aliphatic hydroxyl groups is 1. The quantitative estimate of drug-likeness (QED) is 0.729. The lowest BCUT2D eigenvalue weighted by molar-refractivity contribution is 0.0291. The molecule has 2 fully saturated rings. The van der Waals surface area contributed by atoms with Crippen LogP contribution in [0.2, 0.25) is 0 Å². The number of nitrogens with one attached hydrogen (secondary N) is 2. The van der Waals surface area contributed by atoms with Crippen molar-refractivity contribution in [2.45, 2.75) is 43.9 Å². The van der Waals surface area contributed by atoms with Crippen LogP contribution in [-0.4, -0.2) is 60.5 Å². The number of likely N-dealkylation sites (tertiary alicyclic amines) is 1. The van der Waals surface area contributed by atoms with E-state index in [4.69, 9.17) is 4.74 Å². The van der Waals surface area contributed by atoms with Crippen molar-refractivity contribution in [1.82, 2.24) is 15.5 Å². The van der Waals surface area contributed by atoms with Crippen molar-refractivity contribution in [3.05, 3.63) is 35.9 Å². The summed E-state index contributed by atoms with van der Waals surface area (Å²) in [6.45, 7) is 3.70. The third kappa shape index (κ3) is 5.42. The van der Waals surface area contributed by atoms with E-state index in [0.717, 1.165) is 19.5 Å². The first-order valence-electron chi connectivity index (χ1n) is 9.24. The maximum absolute atomic E-state index is 12.1. The van der Waals surface area contributed by atoms with Crippen LogP contribution in [0.15, 0.2) is 30.3 Å². The molecule has 138 valence electrons. The number of benzene rings is 1. The Kier molecular flexibility index (Phi) is 6.29. The third-order valence-electron chi connectivity index (χ3n) is 5.14. The number of ether oxygens (including phenoxy) is 1. The van der Waals surface area contributed by atoms with E-state index in [9.17, 15) is 9.90 Å². The SMILES string of the molecule is O=C(NC[C@H]1CCCCN1Cc1ccccc1)NC[C@]1(O)CCOC1. The van der Waals surface area contributed by atoms with E-state index < -0.39 is 5.60 Å². The van der Waals surface area contributed by atoms with Gasteiger partial charge in [-0.3, -0.25) is 4.90 Å². The van der Waals surface area contributed by atoms with Crippen LogP contribution in [0.3, 0.4) is 0 Å². The van der Waals surface area contributed by atoms with Gasteiger partial charge in [0.25, 0.3) is 0 Å². The van der Waals surface area contributed by atoms with Crippen molar-refractivity contribution < 1.29 is 14.6 Å². The van der Waals surface area contributed by atoms with Crippen LogP contribution in [0.25, 0.3) is 0 Å². The van der Waals surface area contributed by atoms with Gasteiger partial charge in [-0.2, -0.15) is 0 Å². The maximum Gasteiger partial charge on any atom is 0.314 e. The van der Waals surface area contributed by atoms with Gasteiger partial charge in [-0.05, 0) is 24.9 Å². The fraction of sp³-hybridized carbons (Fsp3) is 0.632. The Bertz CT molecular complexity index is 546. The monoisotopic (exact) mass is 347 g/mol. The van der Waals surface area contributed by atoms with Gasteiger partial charge in [0.1, 0.15) is 5.60 Å². The molecule has 2 heterocycles. The molecule has 2 aliphatic rings. The maximum atomic E-state index is 12.1. The standard InChI is InChI=1S/C19H29N3O3/c23-18(21-14-19(24)9-11-25-15-19)20-12-17-8-4-5-10-22(17)13-16-6-2-1-3-7-16/h1-3,6-7,17,24H,4-5,8-15H2,(H2,20,21,23)/t17-,19-/m1/s1. The highest BCUT2D eigenvalue weighted by Gasteiger charge is 2.32. The zero-order valence-electron chi connectivity index (χ0n) is 14.7. The molecule has 0 bridgehead atoms. The Morgan fingerprint density at radius 1 is 1.28 bits per heavy atom. The Balaban J connectivity index is 1.44. The average Bonchev–Trinajstić information content (AvgIpc) is 3.07. The topological polar surface area (TPSA) is 73.8 Å². The number of carbonyl (C=O) groups excluding carboxylic acids is 1. The van der Waals surface area contributed by atoms with Crippen molar-refractivity contribution in [2.75, 3.05) is 32.8 Å². The second kappa shape index (κ2) is 8.65. The van der Waals surface area contributed by atoms with E-state index >= 15 is 0 Å². The van der Waals surface area contributed by atoms with Crippen LogP contribution in [0.4, 0.5) is 4.79 Å². The van der Waals surface area contributed by atoms with Crippen LogP contribution in [-0.2, 0) is 11.3 Å². The molecule has 2 amide bonds. The Labute approximate surface area is 149 Å². The number of carbonyl (C=O) groups is 1. The number of urea groups is 1. The van der Waals surface area contributed by atoms with E-state index in [1.807, 2.05) is 6.07 Å². The summed E-state index contributed by atoms with van der Waals surface area (Å²) < 4.78 is 5.19. The molecule has 3 N–H and O–H groups in total. The van der Waals surface area contributed by atoms with Crippen LogP contribution in [0.1, 0.15) is 31.2 Å². The zero-order valence-corrected chi connectivity index (χ0v) is 14.7. The molecule has 2 saturated heterocycles. The molecule has 0 spiro atoms. The smallest absolute Gasteiger partial charge is 0.314 e. The normalized spacial score (nSPS) is 27.2. The lowest BCUT2D eigenvalue weighted by Crippen LogP contribution is -2.51. The number of amides is 2. The average molecular weight is 347 g/mol. The molecule has 0 saturated carbocycles. The van der Waals surface area contributed by atoms with Gasteiger partial charge < -0.3 is 20.5 Å². The van der Waals surface area contributed by atoms with E-state index in [-0.39, 0.29) is 12.6 Å². The summed E-state index contributed by atoms with van der Waals surface area (Å²) in [5, 5.41) is 15.9. The molecule has 25 heavy (non-hydrogen) atoms. The van der Waals surface area contributed by atoms with Crippen molar-refractivity contribution in [3.63, 3.8) is 0 Å². The summed E-state index contributed by atoms with van der Waals surface area (Å²) in [4.78, 5) is 14.5. The van der Waals surface area contributed by atoms with Gasteiger partial charge >= 0.3 is 6.03 Å². The van der Waals surface area contributed by atoms with E-state index in [2.05, 4.69) is 39.8 Å². The number of piperidine rings is 1. The molecule has 6 nitrogen and oxygen atoms in total. The summed E-state index contributed by atoms with van der Waals surface area (Å²) in [7, 11) is 0. The van der Waals surface area contributed by atoms with Crippen molar-refractivity contribution in [3.8, 4) is 0 Å². The van der Waals surface area contributed by atoms with Crippen molar-refractivity contribution >= 4 is 6.03 Å². The molecule has 0 aliphatic carbocycles. The highest BCUT2D eigenvalue weighted by Crippen LogP contribution is 2.19. The van der Waals surface area contributed by atoms with Gasteiger partial charge in [-0.15, -0.1) is 0 Å². The molecule has 6 heteroatoms. The van der Waals surface area contributed by atoms with E-state index in [0.29, 0.717) is 32.2 Å². The van der Waals surface area contributed by atoms with Gasteiger partial charge in [-0.1, -0.05) is 36.8 Å². The van der Waals surface area contributed by atoms with E-state index in [1.54, 1.807) is 0 Å². The number of hydrogen-bond acceptors (Lipinski definition) is 4. The summed E-state index contributed by atoms with van der Waals surface area (Å²) in [5.74, 6) is 0. The molecule has 2 aliphatic heterocycles. The summed E-state index contributed by atoms with van der Waals surface area (Å²) in [6.07, 6.45) is 4.09. The minimum absolute atomic E-state index is 0.217. The van der Waals surface area contributed by atoms with Gasteiger partial charge in [0.2, 0.25) is 0 Å². The highest BCUT2D eigenvalue weighted by molar-refractivity contribution is 5.73. The van der Waals surface area contributed by atoms with Crippen LogP contribution < -0.4 is 10.6 Å². The van der Waals surface area contributed by atoms with Crippen LogP contribution in [0, 0.1) is 0 Å². The van der Waals surface area contributed by atoms with Crippen LogP contribution >= 0.6 is 0 Å². The van der Waals surface area contributed by atoms with Crippen LogP contribution in [0.5, 0.6) is 0 Å². The highest BCUT2D eigenvalue weighted by atomic mass is 16.5. The predicted octanol–water partition coefficient (Wildman–Crippen LogP) is 1.49. The molecule has 2 atom stereocenters. The molecule has 3 rings (SSSR count). The summed E-state index contributed by atoms with van der Waals surface area (Å²) >= 11 is 0. The fourth-order valence-electron chi connectivity index (χ4n) is 3.57. The molecular formula is C19H29N3O3. The number of nitrogens with zero attached hydrogens (tertiary/aromatic N) is 1.